The molecule has 6 heteroatoms. The van der Waals surface area contributed by atoms with Crippen molar-refractivity contribution in [1.29, 1.82) is 0 Å². The molecule has 0 aliphatic rings. The number of hydrazone groups is 1. The van der Waals surface area contributed by atoms with Crippen LogP contribution < -0.4 is 5.43 Å². The number of carbonyl (C=O) groups is 1. The summed E-state index contributed by atoms with van der Waals surface area (Å²) in [5.41, 5.74) is 4.82. The van der Waals surface area contributed by atoms with Gasteiger partial charge >= 0.3 is 0 Å². The van der Waals surface area contributed by atoms with Gasteiger partial charge in [-0.3, -0.25) is 4.79 Å². The molecule has 0 atom stereocenters. The normalized spacial score (nSPS) is 11.0. The number of hydrogen-bond donors (Lipinski definition) is 1. The second-order valence-electron chi connectivity index (χ2n) is 5.39. The zero-order chi connectivity index (χ0) is 17.8. The maximum Gasteiger partial charge on any atom is 0.271 e. The lowest BCUT2D eigenvalue weighted by Gasteiger charge is -2.01. The Morgan fingerprint density at radius 2 is 1.84 bits per heavy atom. The van der Waals surface area contributed by atoms with Crippen molar-refractivity contribution in [3.8, 4) is 11.3 Å². The van der Waals surface area contributed by atoms with Crippen LogP contribution in [0.2, 0.25) is 10.0 Å². The molecule has 0 aliphatic carbocycles. The van der Waals surface area contributed by atoms with Gasteiger partial charge in [-0.2, -0.15) is 5.10 Å². The first-order valence-electron chi connectivity index (χ1n) is 7.48. The Morgan fingerprint density at radius 3 is 2.56 bits per heavy atom. The predicted molar refractivity (Wildman–Crippen MR) is 100 cm³/mol. The van der Waals surface area contributed by atoms with E-state index in [2.05, 4.69) is 10.5 Å². The highest BCUT2D eigenvalue weighted by Crippen LogP contribution is 2.31. The fourth-order valence-corrected chi connectivity index (χ4v) is 2.68. The summed E-state index contributed by atoms with van der Waals surface area (Å²) < 4.78 is 5.67. The Morgan fingerprint density at radius 1 is 1.08 bits per heavy atom. The highest BCUT2D eigenvalue weighted by molar-refractivity contribution is 6.36. The van der Waals surface area contributed by atoms with Gasteiger partial charge in [-0.25, -0.2) is 5.43 Å². The predicted octanol–water partition coefficient (Wildman–Crippen LogP) is 5.33. The van der Waals surface area contributed by atoms with Crippen molar-refractivity contribution in [3.63, 3.8) is 0 Å². The van der Waals surface area contributed by atoms with Gasteiger partial charge in [-0.15, -0.1) is 0 Å². The number of furan rings is 1. The summed E-state index contributed by atoms with van der Waals surface area (Å²) in [6.45, 7) is 1.96. The Labute approximate surface area is 155 Å². The molecule has 2 aromatic carbocycles. The quantitative estimate of drug-likeness (QED) is 0.497. The minimum atomic E-state index is -0.288. The molecule has 1 amide bonds. The van der Waals surface area contributed by atoms with Crippen molar-refractivity contribution in [2.24, 2.45) is 5.10 Å². The van der Waals surface area contributed by atoms with Gasteiger partial charge in [0.1, 0.15) is 11.5 Å². The van der Waals surface area contributed by atoms with Crippen molar-refractivity contribution in [2.75, 3.05) is 0 Å². The van der Waals surface area contributed by atoms with Crippen LogP contribution in [0, 0.1) is 6.92 Å². The van der Waals surface area contributed by atoms with Crippen molar-refractivity contribution < 1.29 is 9.21 Å². The van der Waals surface area contributed by atoms with E-state index < -0.39 is 0 Å². The lowest BCUT2D eigenvalue weighted by atomic mass is 10.1. The minimum Gasteiger partial charge on any atom is -0.455 e. The average Bonchev–Trinajstić information content (AvgIpc) is 3.04. The molecule has 0 bridgehead atoms. The zero-order valence-corrected chi connectivity index (χ0v) is 14.8. The largest absolute Gasteiger partial charge is 0.455 e. The minimum absolute atomic E-state index is 0.288. The van der Waals surface area contributed by atoms with Gasteiger partial charge in [0.05, 0.1) is 11.2 Å². The summed E-state index contributed by atoms with van der Waals surface area (Å²) in [6, 6.07) is 15.9. The van der Waals surface area contributed by atoms with E-state index in [1.165, 1.54) is 6.21 Å². The Bertz CT molecular complexity index is 931. The third-order valence-electron chi connectivity index (χ3n) is 3.50. The molecule has 4 nitrogen and oxygen atoms in total. The molecule has 0 aliphatic heterocycles. The van der Waals surface area contributed by atoms with E-state index >= 15 is 0 Å². The number of halogens is 2. The van der Waals surface area contributed by atoms with Crippen LogP contribution in [0.5, 0.6) is 0 Å². The number of benzene rings is 2. The molecule has 1 heterocycles. The lowest BCUT2D eigenvalue weighted by Crippen LogP contribution is -2.17. The van der Waals surface area contributed by atoms with Crippen LogP contribution in [0.25, 0.3) is 11.3 Å². The number of amides is 1. The summed E-state index contributed by atoms with van der Waals surface area (Å²) in [4.78, 5) is 12.0. The Balaban J connectivity index is 1.67. The van der Waals surface area contributed by atoms with E-state index in [1.807, 2.05) is 19.1 Å². The molecule has 0 saturated carbocycles. The van der Waals surface area contributed by atoms with Crippen LogP contribution in [0.15, 0.2) is 64.1 Å². The molecule has 1 aromatic heterocycles. The molecule has 1 N–H and O–H groups in total. The van der Waals surface area contributed by atoms with Crippen molar-refractivity contribution >= 4 is 35.3 Å². The molecular formula is C19H14Cl2N2O2. The molecule has 0 fully saturated rings. The van der Waals surface area contributed by atoms with Crippen LogP contribution in [0.4, 0.5) is 0 Å². The molecule has 126 valence electrons. The van der Waals surface area contributed by atoms with Crippen molar-refractivity contribution in [3.05, 3.63) is 81.5 Å². The van der Waals surface area contributed by atoms with Crippen LogP contribution in [0.3, 0.4) is 0 Å². The van der Waals surface area contributed by atoms with Gasteiger partial charge < -0.3 is 4.42 Å². The summed E-state index contributed by atoms with van der Waals surface area (Å²) >= 11 is 12.1. The van der Waals surface area contributed by atoms with E-state index in [4.69, 9.17) is 27.6 Å². The van der Waals surface area contributed by atoms with Gasteiger partial charge in [0.2, 0.25) is 0 Å². The van der Waals surface area contributed by atoms with Crippen LogP contribution in [0.1, 0.15) is 21.7 Å². The van der Waals surface area contributed by atoms with Crippen LogP contribution >= 0.6 is 23.2 Å². The molecule has 25 heavy (non-hydrogen) atoms. The Hall–Kier alpha value is -2.56. The standard InChI is InChI=1S/C19H14Cl2N2O2/c1-12-2-4-13(5-3-12)19(24)23-22-11-15-7-9-18(25-15)16-8-6-14(20)10-17(16)21/h2-11H,1H3,(H,23,24)/b22-11+. The summed E-state index contributed by atoms with van der Waals surface area (Å²) in [6.07, 6.45) is 1.43. The topological polar surface area (TPSA) is 54.6 Å². The van der Waals surface area contributed by atoms with E-state index in [1.54, 1.807) is 42.5 Å². The summed E-state index contributed by atoms with van der Waals surface area (Å²) in [5.74, 6) is 0.793. The number of nitrogens with one attached hydrogen (secondary N) is 1. The Kier molecular flexibility index (Phi) is 5.22. The maximum atomic E-state index is 12.0. The first kappa shape index (κ1) is 17.3. The first-order chi connectivity index (χ1) is 12.0. The number of aryl methyl sites for hydroxylation is 1. The smallest absolute Gasteiger partial charge is 0.271 e. The molecule has 0 saturated heterocycles. The summed E-state index contributed by atoms with van der Waals surface area (Å²) in [7, 11) is 0. The van der Waals surface area contributed by atoms with E-state index in [0.29, 0.717) is 27.1 Å². The molecule has 3 aromatic rings. The number of rotatable bonds is 4. The fraction of sp³-hybridized carbons (Fsp3) is 0.0526. The van der Waals surface area contributed by atoms with Crippen molar-refractivity contribution in [2.45, 2.75) is 6.92 Å². The number of nitrogens with zero attached hydrogens (tertiary/aromatic N) is 1. The summed E-state index contributed by atoms with van der Waals surface area (Å²) in [5, 5.41) is 4.97. The average molecular weight is 373 g/mol. The van der Waals surface area contributed by atoms with Gasteiger partial charge in [0, 0.05) is 16.1 Å². The maximum absolute atomic E-state index is 12.0. The van der Waals surface area contributed by atoms with Gasteiger partial charge in [0.15, 0.2) is 0 Å². The molecule has 3 rings (SSSR count). The van der Waals surface area contributed by atoms with Gasteiger partial charge in [-0.05, 0) is 49.4 Å². The SMILES string of the molecule is Cc1ccc(C(=O)N/N=C/c2ccc(-c3ccc(Cl)cc3Cl)o2)cc1. The molecule has 0 unspecified atom stereocenters. The molecule has 0 spiro atoms. The molecule has 0 radical (unpaired) electrons. The second kappa shape index (κ2) is 7.55. The number of hydrogen-bond acceptors (Lipinski definition) is 3. The third-order valence-corrected chi connectivity index (χ3v) is 4.04. The first-order valence-corrected chi connectivity index (χ1v) is 8.24. The monoisotopic (exact) mass is 372 g/mol. The lowest BCUT2D eigenvalue weighted by molar-refractivity contribution is 0.0955. The second-order valence-corrected chi connectivity index (χ2v) is 6.23. The molecular weight excluding hydrogens is 359 g/mol. The highest BCUT2D eigenvalue weighted by Gasteiger charge is 2.09. The van der Waals surface area contributed by atoms with Crippen LogP contribution in [-0.2, 0) is 0 Å². The van der Waals surface area contributed by atoms with Gasteiger partial charge in [0.25, 0.3) is 5.91 Å². The zero-order valence-electron chi connectivity index (χ0n) is 13.3. The fourth-order valence-electron chi connectivity index (χ4n) is 2.18. The van der Waals surface area contributed by atoms with E-state index in [-0.39, 0.29) is 5.91 Å². The number of carbonyl (C=O) groups excluding carboxylic acids is 1. The highest BCUT2D eigenvalue weighted by atomic mass is 35.5. The van der Waals surface area contributed by atoms with Crippen LogP contribution in [-0.4, -0.2) is 12.1 Å². The van der Waals surface area contributed by atoms with Crippen molar-refractivity contribution in [1.82, 2.24) is 5.43 Å². The van der Waals surface area contributed by atoms with E-state index in [9.17, 15) is 4.79 Å². The van der Waals surface area contributed by atoms with Gasteiger partial charge in [-0.1, -0.05) is 40.9 Å². The third kappa shape index (κ3) is 4.29. The van der Waals surface area contributed by atoms with E-state index in [0.717, 1.165) is 11.1 Å².